The molecule has 0 radical (unpaired) electrons. The van der Waals surface area contributed by atoms with Crippen molar-refractivity contribution in [3.63, 3.8) is 0 Å². The van der Waals surface area contributed by atoms with Crippen LogP contribution in [0.3, 0.4) is 0 Å². The maximum absolute atomic E-state index is 9.35. The summed E-state index contributed by atoms with van der Waals surface area (Å²) in [7, 11) is 0. The van der Waals surface area contributed by atoms with Crippen molar-refractivity contribution in [2.45, 2.75) is 33.1 Å². The second kappa shape index (κ2) is 4.57. The monoisotopic (exact) mass is 232 g/mol. The van der Waals surface area contributed by atoms with E-state index in [-0.39, 0.29) is 5.75 Å². The van der Waals surface area contributed by atoms with E-state index < -0.39 is 0 Å². The van der Waals surface area contributed by atoms with Crippen LogP contribution in [0, 0.1) is 6.92 Å². The van der Waals surface area contributed by atoms with Gasteiger partial charge in [0.05, 0.1) is 0 Å². The van der Waals surface area contributed by atoms with Crippen LogP contribution in [0.5, 0.6) is 5.75 Å². The summed E-state index contributed by atoms with van der Waals surface area (Å²) in [5.74, 6) is 1.78. The van der Waals surface area contributed by atoms with Gasteiger partial charge in [0.15, 0.2) is 5.82 Å². The topological polar surface area (TPSA) is 59.2 Å². The van der Waals surface area contributed by atoms with Crippen LogP contribution in [-0.2, 0) is 0 Å². The quantitative estimate of drug-likeness (QED) is 0.882. The second-order valence-electron chi connectivity index (χ2n) is 4.27. The van der Waals surface area contributed by atoms with Gasteiger partial charge in [0.25, 0.3) is 5.89 Å². The van der Waals surface area contributed by atoms with E-state index in [0.29, 0.717) is 11.8 Å². The number of hydrogen-bond acceptors (Lipinski definition) is 4. The Morgan fingerprint density at radius 2 is 2.18 bits per heavy atom. The number of phenols is 1. The van der Waals surface area contributed by atoms with Gasteiger partial charge in [-0.25, -0.2) is 0 Å². The van der Waals surface area contributed by atoms with E-state index >= 15 is 0 Å². The van der Waals surface area contributed by atoms with Crippen molar-refractivity contribution < 1.29 is 9.63 Å². The minimum absolute atomic E-state index is 0.243. The Balaban J connectivity index is 2.37. The van der Waals surface area contributed by atoms with Crippen LogP contribution in [-0.4, -0.2) is 15.2 Å². The lowest BCUT2D eigenvalue weighted by Crippen LogP contribution is -1.93. The average Bonchev–Trinajstić information content (AvgIpc) is 2.77. The molecule has 0 fully saturated rings. The highest BCUT2D eigenvalue weighted by Gasteiger charge is 2.14. The summed E-state index contributed by atoms with van der Waals surface area (Å²) < 4.78 is 5.25. The van der Waals surface area contributed by atoms with E-state index in [1.807, 2.05) is 6.92 Å². The molecular weight excluding hydrogens is 216 g/mol. The van der Waals surface area contributed by atoms with Gasteiger partial charge in [0.1, 0.15) is 5.75 Å². The molecule has 0 saturated carbocycles. The Morgan fingerprint density at radius 3 is 2.82 bits per heavy atom. The number of hydrogen-bond donors (Lipinski definition) is 1. The molecule has 4 nitrogen and oxygen atoms in total. The number of phenolic OH excluding ortho intramolecular Hbond substituents is 1. The third kappa shape index (κ3) is 2.30. The highest BCUT2D eigenvalue weighted by atomic mass is 16.5. The van der Waals surface area contributed by atoms with Crippen molar-refractivity contribution in [1.29, 1.82) is 0 Å². The van der Waals surface area contributed by atoms with Gasteiger partial charge in [-0.15, -0.1) is 0 Å². The number of nitrogens with zero attached hydrogens (tertiary/aromatic N) is 2. The van der Waals surface area contributed by atoms with Crippen LogP contribution >= 0.6 is 0 Å². The van der Waals surface area contributed by atoms with Crippen molar-refractivity contribution in [3.8, 4) is 17.2 Å². The molecule has 1 aromatic carbocycles. The molecule has 0 bridgehead atoms. The fraction of sp³-hybridized carbons (Fsp3) is 0.385. The summed E-state index contributed by atoms with van der Waals surface area (Å²) >= 11 is 0. The Bertz CT molecular complexity index is 520. The molecule has 90 valence electrons. The van der Waals surface area contributed by atoms with Crippen molar-refractivity contribution in [3.05, 3.63) is 29.6 Å². The van der Waals surface area contributed by atoms with Crippen LogP contribution < -0.4 is 0 Å². The zero-order valence-electron chi connectivity index (χ0n) is 10.3. The number of aromatic nitrogens is 2. The molecule has 0 amide bonds. The van der Waals surface area contributed by atoms with Crippen molar-refractivity contribution in [1.82, 2.24) is 10.1 Å². The van der Waals surface area contributed by atoms with Gasteiger partial charge in [0.2, 0.25) is 0 Å². The maximum atomic E-state index is 9.35. The summed E-state index contributed by atoms with van der Waals surface area (Å²) in [5, 5.41) is 13.3. The second-order valence-corrected chi connectivity index (χ2v) is 4.27. The average molecular weight is 232 g/mol. The fourth-order valence-electron chi connectivity index (χ4n) is 1.61. The molecule has 1 N–H and O–H groups in total. The Kier molecular flexibility index (Phi) is 3.13. The summed E-state index contributed by atoms with van der Waals surface area (Å²) in [6, 6.07) is 5.09. The molecule has 0 aliphatic carbocycles. The number of benzene rings is 1. The summed E-state index contributed by atoms with van der Waals surface area (Å²) in [5.41, 5.74) is 1.79. The zero-order valence-corrected chi connectivity index (χ0v) is 10.3. The Morgan fingerprint density at radius 1 is 1.41 bits per heavy atom. The molecule has 2 rings (SSSR count). The Labute approximate surface area is 100 Å². The molecule has 0 saturated heterocycles. The van der Waals surface area contributed by atoms with Gasteiger partial charge >= 0.3 is 0 Å². The van der Waals surface area contributed by atoms with Crippen molar-refractivity contribution >= 4 is 0 Å². The molecule has 4 heteroatoms. The first-order valence-electron chi connectivity index (χ1n) is 5.75. The van der Waals surface area contributed by atoms with E-state index in [9.17, 15) is 5.11 Å². The van der Waals surface area contributed by atoms with Gasteiger partial charge in [-0.05, 0) is 37.1 Å². The van der Waals surface area contributed by atoms with E-state index in [2.05, 4.69) is 24.0 Å². The highest BCUT2D eigenvalue weighted by molar-refractivity contribution is 5.59. The molecular formula is C13H16N2O2. The lowest BCUT2D eigenvalue weighted by molar-refractivity contribution is 0.416. The minimum Gasteiger partial charge on any atom is -0.508 e. The van der Waals surface area contributed by atoms with Gasteiger partial charge in [-0.3, -0.25) is 0 Å². The standard InChI is InChI=1S/C13H16N2O2/c1-4-8(2)12-14-13(17-15-12)11-6-5-10(16)7-9(11)3/h5-8,16H,4H2,1-3H3. The first kappa shape index (κ1) is 11.6. The number of rotatable bonds is 3. The third-order valence-corrected chi connectivity index (χ3v) is 2.94. The largest absolute Gasteiger partial charge is 0.508 e. The van der Waals surface area contributed by atoms with Crippen LogP contribution in [0.25, 0.3) is 11.5 Å². The summed E-state index contributed by atoms with van der Waals surface area (Å²) in [4.78, 5) is 4.38. The lowest BCUT2D eigenvalue weighted by atomic mass is 10.1. The molecule has 1 atom stereocenters. The number of aromatic hydroxyl groups is 1. The van der Waals surface area contributed by atoms with Crippen LogP contribution in [0.4, 0.5) is 0 Å². The SMILES string of the molecule is CCC(C)c1noc(-c2ccc(O)cc2C)n1. The number of aryl methyl sites for hydroxylation is 1. The van der Waals surface area contributed by atoms with E-state index in [0.717, 1.165) is 23.4 Å². The molecule has 2 aromatic rings. The molecule has 0 spiro atoms. The molecule has 1 aromatic heterocycles. The third-order valence-electron chi connectivity index (χ3n) is 2.94. The first-order chi connectivity index (χ1) is 8.11. The van der Waals surface area contributed by atoms with E-state index in [4.69, 9.17) is 4.52 Å². The molecule has 1 unspecified atom stereocenters. The maximum Gasteiger partial charge on any atom is 0.258 e. The fourth-order valence-corrected chi connectivity index (χ4v) is 1.61. The minimum atomic E-state index is 0.243. The smallest absolute Gasteiger partial charge is 0.258 e. The first-order valence-corrected chi connectivity index (χ1v) is 5.75. The van der Waals surface area contributed by atoms with Crippen LogP contribution in [0.1, 0.15) is 37.6 Å². The summed E-state index contributed by atoms with van der Waals surface area (Å²) in [6.45, 7) is 6.06. The lowest BCUT2D eigenvalue weighted by Gasteiger charge is -2.01. The predicted octanol–water partition coefficient (Wildman–Crippen LogP) is 3.26. The van der Waals surface area contributed by atoms with Crippen LogP contribution in [0.2, 0.25) is 0 Å². The van der Waals surface area contributed by atoms with Crippen molar-refractivity contribution in [2.24, 2.45) is 0 Å². The van der Waals surface area contributed by atoms with E-state index in [1.54, 1.807) is 18.2 Å². The van der Waals surface area contributed by atoms with Gasteiger partial charge in [-0.2, -0.15) is 4.98 Å². The zero-order chi connectivity index (χ0) is 12.4. The highest BCUT2D eigenvalue weighted by Crippen LogP contribution is 2.26. The van der Waals surface area contributed by atoms with Gasteiger partial charge in [-0.1, -0.05) is 19.0 Å². The van der Waals surface area contributed by atoms with Crippen LogP contribution in [0.15, 0.2) is 22.7 Å². The van der Waals surface area contributed by atoms with Gasteiger partial charge < -0.3 is 9.63 Å². The summed E-state index contributed by atoms with van der Waals surface area (Å²) in [6.07, 6.45) is 0.980. The normalized spacial score (nSPS) is 12.6. The molecule has 1 heterocycles. The molecule has 17 heavy (non-hydrogen) atoms. The predicted molar refractivity (Wildman–Crippen MR) is 64.8 cm³/mol. The van der Waals surface area contributed by atoms with E-state index in [1.165, 1.54) is 0 Å². The van der Waals surface area contributed by atoms with Gasteiger partial charge in [0, 0.05) is 11.5 Å². The Hall–Kier alpha value is -1.84. The van der Waals surface area contributed by atoms with Crippen molar-refractivity contribution in [2.75, 3.05) is 0 Å². The molecule has 0 aliphatic rings. The molecule has 0 aliphatic heterocycles.